The summed E-state index contributed by atoms with van der Waals surface area (Å²) in [4.78, 5) is 21.4. The molecule has 0 spiro atoms. The number of nitro benzene ring substituents is 1. The van der Waals surface area contributed by atoms with Crippen molar-refractivity contribution >= 4 is 11.6 Å². The molecule has 0 aliphatic rings. The van der Waals surface area contributed by atoms with Crippen molar-refractivity contribution in [1.82, 2.24) is 5.32 Å². The van der Waals surface area contributed by atoms with Crippen molar-refractivity contribution in [2.24, 2.45) is 5.41 Å². The molecule has 0 heterocycles. The first-order valence-electron chi connectivity index (χ1n) is 6.21. The monoisotopic (exact) mass is 302 g/mol. The zero-order chi connectivity index (χ0) is 16.2. The Kier molecular flexibility index (Phi) is 5.31. The Morgan fingerprint density at radius 2 is 2.05 bits per heavy atom. The molecule has 0 unspecified atom stereocenters. The lowest BCUT2D eigenvalue weighted by Crippen LogP contribution is -2.35. The number of benzene rings is 1. The summed E-state index contributed by atoms with van der Waals surface area (Å²) in [7, 11) is 0. The summed E-state index contributed by atoms with van der Waals surface area (Å²) in [5, 5.41) is 21.8. The van der Waals surface area contributed by atoms with E-state index < -0.39 is 39.1 Å². The first kappa shape index (κ1) is 17.0. The molecule has 0 bridgehead atoms. The number of nitro groups is 1. The Morgan fingerprint density at radius 1 is 1.43 bits per heavy atom. The number of carbonyl (C=O) groups is 1. The van der Waals surface area contributed by atoms with Crippen molar-refractivity contribution in [3.05, 3.63) is 39.4 Å². The van der Waals surface area contributed by atoms with Gasteiger partial charge in [0, 0.05) is 19.2 Å². The molecule has 116 valence electrons. The number of halogens is 2. The average Bonchev–Trinajstić information content (AvgIpc) is 2.36. The minimum atomic E-state index is -1.50. The molecule has 1 amide bonds. The first-order chi connectivity index (χ1) is 9.69. The SMILES string of the molecule is CC(C)(CCO)CNC(=O)c1c(F)ccc([N+](=O)[O-])c1F. The smallest absolute Gasteiger partial charge is 0.305 e. The fraction of sp³-hybridized carbons (Fsp3) is 0.462. The van der Waals surface area contributed by atoms with Gasteiger partial charge in [-0.3, -0.25) is 14.9 Å². The van der Waals surface area contributed by atoms with Gasteiger partial charge in [-0.15, -0.1) is 0 Å². The van der Waals surface area contributed by atoms with Gasteiger partial charge in [0.15, 0.2) is 0 Å². The highest BCUT2D eigenvalue weighted by molar-refractivity contribution is 5.95. The van der Waals surface area contributed by atoms with Crippen LogP contribution in [0.3, 0.4) is 0 Å². The van der Waals surface area contributed by atoms with Crippen LogP contribution in [0.5, 0.6) is 0 Å². The number of nitrogens with one attached hydrogen (secondary N) is 1. The Labute approximate surface area is 119 Å². The van der Waals surface area contributed by atoms with Crippen LogP contribution in [-0.2, 0) is 0 Å². The normalized spacial score (nSPS) is 11.3. The standard InChI is InChI=1S/C13H16F2N2O4/c1-13(2,5-6-18)7-16-12(19)10-8(14)3-4-9(11(10)15)17(20)21/h3-4,18H,5-7H2,1-2H3,(H,16,19). The van der Waals surface area contributed by atoms with E-state index in [4.69, 9.17) is 5.11 Å². The maximum atomic E-state index is 13.8. The average molecular weight is 302 g/mol. The Bertz CT molecular complexity index is 561. The lowest BCUT2D eigenvalue weighted by molar-refractivity contribution is -0.387. The molecule has 2 N–H and O–H groups in total. The first-order valence-corrected chi connectivity index (χ1v) is 6.21. The van der Waals surface area contributed by atoms with E-state index >= 15 is 0 Å². The maximum absolute atomic E-state index is 13.8. The third kappa shape index (κ3) is 4.19. The van der Waals surface area contributed by atoms with E-state index in [-0.39, 0.29) is 13.2 Å². The van der Waals surface area contributed by atoms with Crippen LogP contribution in [0, 0.1) is 27.2 Å². The highest BCUT2D eigenvalue weighted by Gasteiger charge is 2.27. The molecule has 6 nitrogen and oxygen atoms in total. The Morgan fingerprint density at radius 3 is 2.57 bits per heavy atom. The number of aliphatic hydroxyl groups excluding tert-OH is 1. The Hall–Kier alpha value is -2.09. The number of carbonyl (C=O) groups excluding carboxylic acids is 1. The van der Waals surface area contributed by atoms with E-state index in [0.29, 0.717) is 18.6 Å². The van der Waals surface area contributed by atoms with Crippen molar-refractivity contribution in [2.45, 2.75) is 20.3 Å². The van der Waals surface area contributed by atoms with E-state index in [1.807, 2.05) is 0 Å². The molecule has 0 radical (unpaired) electrons. The quantitative estimate of drug-likeness (QED) is 0.621. The van der Waals surface area contributed by atoms with Gasteiger partial charge in [-0.1, -0.05) is 13.8 Å². The fourth-order valence-corrected chi connectivity index (χ4v) is 1.69. The highest BCUT2D eigenvalue weighted by Crippen LogP contribution is 2.24. The summed E-state index contributed by atoms with van der Waals surface area (Å²) in [6.45, 7) is 3.48. The summed E-state index contributed by atoms with van der Waals surface area (Å²) in [5.74, 6) is -3.74. The van der Waals surface area contributed by atoms with Gasteiger partial charge in [-0.05, 0) is 17.9 Å². The predicted molar refractivity (Wildman–Crippen MR) is 70.8 cm³/mol. The minimum absolute atomic E-state index is 0.0635. The van der Waals surface area contributed by atoms with Crippen molar-refractivity contribution in [1.29, 1.82) is 0 Å². The molecule has 1 aromatic rings. The van der Waals surface area contributed by atoms with E-state index in [0.717, 1.165) is 0 Å². The van der Waals surface area contributed by atoms with Gasteiger partial charge in [0.1, 0.15) is 11.4 Å². The summed E-state index contributed by atoms with van der Waals surface area (Å²) in [6.07, 6.45) is 0.382. The molecule has 1 aromatic carbocycles. The van der Waals surface area contributed by atoms with Crippen molar-refractivity contribution in [3.8, 4) is 0 Å². The fourth-order valence-electron chi connectivity index (χ4n) is 1.69. The van der Waals surface area contributed by atoms with Crippen LogP contribution in [0.2, 0.25) is 0 Å². The second-order valence-electron chi connectivity index (χ2n) is 5.33. The molecule has 8 heteroatoms. The van der Waals surface area contributed by atoms with Gasteiger partial charge in [-0.2, -0.15) is 4.39 Å². The van der Waals surface area contributed by atoms with E-state index in [2.05, 4.69) is 5.32 Å². The molecule has 0 saturated heterocycles. The van der Waals surface area contributed by atoms with Crippen LogP contribution in [0.25, 0.3) is 0 Å². The van der Waals surface area contributed by atoms with Crippen LogP contribution in [0.15, 0.2) is 12.1 Å². The maximum Gasteiger partial charge on any atom is 0.305 e. The predicted octanol–water partition coefficient (Wildman–Crippen LogP) is 2.01. The van der Waals surface area contributed by atoms with Crippen molar-refractivity contribution in [3.63, 3.8) is 0 Å². The lowest BCUT2D eigenvalue weighted by atomic mass is 9.89. The number of nitrogens with zero attached hydrogens (tertiary/aromatic N) is 1. The van der Waals surface area contributed by atoms with E-state index in [1.54, 1.807) is 13.8 Å². The van der Waals surface area contributed by atoms with Gasteiger partial charge >= 0.3 is 5.69 Å². The molecule has 0 aliphatic heterocycles. The largest absolute Gasteiger partial charge is 0.396 e. The third-order valence-corrected chi connectivity index (χ3v) is 3.01. The molecule has 1 rings (SSSR count). The molecule has 0 aliphatic carbocycles. The van der Waals surface area contributed by atoms with E-state index in [9.17, 15) is 23.7 Å². The number of amides is 1. The number of aliphatic hydroxyl groups is 1. The summed E-state index contributed by atoms with van der Waals surface area (Å²) in [6, 6.07) is 1.34. The van der Waals surface area contributed by atoms with Crippen molar-refractivity contribution < 1.29 is 23.6 Å². The summed E-state index contributed by atoms with van der Waals surface area (Å²) < 4.78 is 27.4. The van der Waals surface area contributed by atoms with Crippen LogP contribution in [0.4, 0.5) is 14.5 Å². The molecule has 0 aromatic heterocycles. The second kappa shape index (κ2) is 6.57. The molecule has 21 heavy (non-hydrogen) atoms. The molecule has 0 atom stereocenters. The van der Waals surface area contributed by atoms with E-state index in [1.165, 1.54) is 0 Å². The van der Waals surface area contributed by atoms with Gasteiger partial charge in [0.2, 0.25) is 5.82 Å². The van der Waals surface area contributed by atoms with Crippen LogP contribution in [-0.4, -0.2) is 29.1 Å². The Balaban J connectivity index is 2.98. The molecular weight excluding hydrogens is 286 g/mol. The molecular formula is C13H16F2N2O4. The number of hydrogen-bond donors (Lipinski definition) is 2. The minimum Gasteiger partial charge on any atom is -0.396 e. The van der Waals surface area contributed by atoms with Gasteiger partial charge in [-0.25, -0.2) is 4.39 Å². The second-order valence-corrected chi connectivity index (χ2v) is 5.33. The van der Waals surface area contributed by atoms with Crippen LogP contribution >= 0.6 is 0 Å². The van der Waals surface area contributed by atoms with Crippen molar-refractivity contribution in [2.75, 3.05) is 13.2 Å². The highest BCUT2D eigenvalue weighted by atomic mass is 19.1. The topological polar surface area (TPSA) is 92.5 Å². The van der Waals surface area contributed by atoms with Gasteiger partial charge < -0.3 is 10.4 Å². The van der Waals surface area contributed by atoms with Crippen LogP contribution in [0.1, 0.15) is 30.6 Å². The summed E-state index contributed by atoms with van der Waals surface area (Å²) in [5.41, 5.74) is -2.42. The molecule has 0 fully saturated rings. The zero-order valence-electron chi connectivity index (χ0n) is 11.7. The molecule has 0 saturated carbocycles. The lowest BCUT2D eigenvalue weighted by Gasteiger charge is -2.23. The van der Waals surface area contributed by atoms with Gasteiger partial charge in [0.05, 0.1) is 4.92 Å². The number of hydrogen-bond acceptors (Lipinski definition) is 4. The number of rotatable bonds is 6. The van der Waals surface area contributed by atoms with Crippen LogP contribution < -0.4 is 5.32 Å². The zero-order valence-corrected chi connectivity index (χ0v) is 11.7. The summed E-state index contributed by atoms with van der Waals surface area (Å²) >= 11 is 0. The van der Waals surface area contributed by atoms with Gasteiger partial charge in [0.25, 0.3) is 5.91 Å². The third-order valence-electron chi connectivity index (χ3n) is 3.01.